The van der Waals surface area contributed by atoms with E-state index in [2.05, 4.69) is 10.3 Å². The molecule has 1 saturated heterocycles. The molecule has 0 bridgehead atoms. The van der Waals surface area contributed by atoms with Crippen LogP contribution in [0.15, 0.2) is 30.3 Å². The van der Waals surface area contributed by atoms with Gasteiger partial charge >= 0.3 is 0 Å². The van der Waals surface area contributed by atoms with Gasteiger partial charge in [0.1, 0.15) is 16.9 Å². The van der Waals surface area contributed by atoms with E-state index in [0.29, 0.717) is 29.2 Å². The van der Waals surface area contributed by atoms with Gasteiger partial charge in [0.05, 0.1) is 5.88 Å². The molecule has 2 heterocycles. The lowest BCUT2D eigenvalue weighted by Crippen LogP contribution is -2.47. The molecule has 1 N–H and O–H groups in total. The molecule has 2 aromatic rings. The number of amides is 2. The molecule has 130 valence electrons. The Morgan fingerprint density at radius 3 is 2.92 bits per heavy atom. The van der Waals surface area contributed by atoms with Crippen molar-refractivity contribution in [2.45, 2.75) is 18.9 Å². The van der Waals surface area contributed by atoms with Crippen LogP contribution in [0.2, 0.25) is 5.15 Å². The number of rotatable bonds is 4. The molecule has 1 aliphatic heterocycles. The molecular weight excluding hydrogens is 358 g/mol. The van der Waals surface area contributed by atoms with Crippen molar-refractivity contribution in [3.8, 4) is 0 Å². The van der Waals surface area contributed by atoms with Crippen molar-refractivity contribution in [3.05, 3.63) is 41.2 Å². The van der Waals surface area contributed by atoms with Crippen LogP contribution in [-0.4, -0.2) is 45.9 Å². The molecule has 5 nitrogen and oxygen atoms in total. The van der Waals surface area contributed by atoms with Crippen molar-refractivity contribution in [3.63, 3.8) is 0 Å². The van der Waals surface area contributed by atoms with Crippen LogP contribution >= 0.6 is 23.4 Å². The zero-order valence-corrected chi connectivity index (χ0v) is 15.1. The van der Waals surface area contributed by atoms with Gasteiger partial charge in [-0.2, -0.15) is 0 Å². The number of pyridine rings is 1. The number of nitrogens with zero attached hydrogens (tertiary/aromatic N) is 2. The molecule has 1 atom stereocenters. The Bertz CT molecular complexity index is 840. The third kappa shape index (κ3) is 3.46. The van der Waals surface area contributed by atoms with Crippen LogP contribution in [0.25, 0.3) is 10.8 Å². The SMILES string of the molecule is O=C(NCC1CC1)C1CSCN1C(=O)c1cc2ccccc2c(Cl)n1. The zero-order chi connectivity index (χ0) is 17.4. The molecular formula is C18H18ClN3O2S. The number of hydrogen-bond acceptors (Lipinski definition) is 4. The maximum atomic E-state index is 12.9. The normalized spacial score (nSPS) is 20.0. The van der Waals surface area contributed by atoms with E-state index < -0.39 is 6.04 Å². The number of halogens is 1. The van der Waals surface area contributed by atoms with Crippen LogP contribution in [0.4, 0.5) is 0 Å². The first-order valence-corrected chi connectivity index (χ1v) is 9.88. The molecule has 2 fully saturated rings. The van der Waals surface area contributed by atoms with Crippen molar-refractivity contribution in [1.82, 2.24) is 15.2 Å². The summed E-state index contributed by atoms with van der Waals surface area (Å²) >= 11 is 7.82. The molecule has 1 unspecified atom stereocenters. The minimum Gasteiger partial charge on any atom is -0.354 e. The summed E-state index contributed by atoms with van der Waals surface area (Å²) in [7, 11) is 0. The molecule has 2 amide bonds. The predicted octanol–water partition coefficient (Wildman–Crippen LogP) is 2.93. The summed E-state index contributed by atoms with van der Waals surface area (Å²) in [6.45, 7) is 0.710. The van der Waals surface area contributed by atoms with E-state index in [1.54, 1.807) is 22.7 Å². The van der Waals surface area contributed by atoms with Crippen LogP contribution in [0.5, 0.6) is 0 Å². The van der Waals surface area contributed by atoms with Crippen LogP contribution in [0.3, 0.4) is 0 Å². The Balaban J connectivity index is 1.55. The maximum absolute atomic E-state index is 12.9. The summed E-state index contributed by atoms with van der Waals surface area (Å²) in [4.78, 5) is 31.2. The van der Waals surface area contributed by atoms with E-state index in [9.17, 15) is 9.59 Å². The summed E-state index contributed by atoms with van der Waals surface area (Å²) in [5, 5.41) is 4.96. The lowest BCUT2D eigenvalue weighted by Gasteiger charge is -2.23. The quantitative estimate of drug-likeness (QED) is 0.834. The number of fused-ring (bicyclic) bond motifs is 1. The molecule has 0 radical (unpaired) electrons. The third-order valence-electron chi connectivity index (χ3n) is 4.62. The van der Waals surface area contributed by atoms with Gasteiger partial charge in [-0.25, -0.2) is 4.98 Å². The molecule has 4 rings (SSSR count). The van der Waals surface area contributed by atoms with Crippen molar-refractivity contribution < 1.29 is 9.59 Å². The standard InChI is InChI=1S/C18H18ClN3O2S/c19-16-13-4-2-1-3-12(13)7-14(21-16)18(24)22-10-25-9-15(22)17(23)20-8-11-5-6-11/h1-4,7,11,15H,5-6,8-10H2,(H,20,23). The fourth-order valence-electron chi connectivity index (χ4n) is 2.96. The van der Waals surface area contributed by atoms with Gasteiger partial charge in [0.25, 0.3) is 5.91 Å². The second-order valence-electron chi connectivity index (χ2n) is 6.50. The van der Waals surface area contributed by atoms with E-state index in [1.807, 2.05) is 24.3 Å². The van der Waals surface area contributed by atoms with Crippen LogP contribution in [0.1, 0.15) is 23.3 Å². The zero-order valence-electron chi connectivity index (χ0n) is 13.6. The molecule has 1 saturated carbocycles. The molecule has 0 spiro atoms. The van der Waals surface area contributed by atoms with Gasteiger partial charge in [-0.1, -0.05) is 35.9 Å². The third-order valence-corrected chi connectivity index (χ3v) is 5.92. The lowest BCUT2D eigenvalue weighted by atomic mass is 10.1. The first-order chi connectivity index (χ1) is 12.1. The highest BCUT2D eigenvalue weighted by Crippen LogP contribution is 2.29. The Kier molecular flexibility index (Phi) is 4.56. The number of carbonyl (C=O) groups is 2. The van der Waals surface area contributed by atoms with E-state index in [-0.39, 0.29) is 17.5 Å². The minimum absolute atomic E-state index is 0.0721. The highest BCUT2D eigenvalue weighted by molar-refractivity contribution is 7.99. The Morgan fingerprint density at radius 1 is 1.32 bits per heavy atom. The van der Waals surface area contributed by atoms with E-state index in [4.69, 9.17) is 11.6 Å². The second-order valence-corrected chi connectivity index (χ2v) is 7.86. The van der Waals surface area contributed by atoms with Crippen LogP contribution < -0.4 is 5.32 Å². The Hall–Kier alpha value is -1.79. The van der Waals surface area contributed by atoms with Gasteiger partial charge in [-0.15, -0.1) is 11.8 Å². The van der Waals surface area contributed by atoms with Crippen LogP contribution in [-0.2, 0) is 4.79 Å². The number of nitrogens with one attached hydrogen (secondary N) is 1. The van der Waals surface area contributed by atoms with Crippen molar-refractivity contribution >= 4 is 45.9 Å². The van der Waals surface area contributed by atoms with E-state index >= 15 is 0 Å². The lowest BCUT2D eigenvalue weighted by molar-refractivity contribution is -0.124. The molecule has 1 aromatic carbocycles. The summed E-state index contributed by atoms with van der Waals surface area (Å²) in [6.07, 6.45) is 2.36. The number of hydrogen-bond donors (Lipinski definition) is 1. The van der Waals surface area contributed by atoms with Gasteiger partial charge in [0.2, 0.25) is 5.91 Å². The van der Waals surface area contributed by atoms with Gasteiger partial charge in [0.15, 0.2) is 0 Å². The van der Waals surface area contributed by atoms with Gasteiger partial charge in [0, 0.05) is 17.7 Å². The van der Waals surface area contributed by atoms with E-state index in [0.717, 1.165) is 10.8 Å². The Morgan fingerprint density at radius 2 is 2.12 bits per heavy atom. The van der Waals surface area contributed by atoms with Crippen molar-refractivity contribution in [2.75, 3.05) is 18.2 Å². The average molecular weight is 376 g/mol. The highest BCUT2D eigenvalue weighted by Gasteiger charge is 2.36. The average Bonchev–Trinajstić information content (AvgIpc) is 3.33. The molecule has 7 heteroatoms. The van der Waals surface area contributed by atoms with E-state index in [1.165, 1.54) is 12.8 Å². The van der Waals surface area contributed by atoms with Gasteiger partial charge < -0.3 is 10.2 Å². The van der Waals surface area contributed by atoms with Crippen LogP contribution in [0, 0.1) is 5.92 Å². The molecule has 1 aromatic heterocycles. The first kappa shape index (κ1) is 16.7. The van der Waals surface area contributed by atoms with Gasteiger partial charge in [-0.05, 0) is 30.2 Å². The summed E-state index contributed by atoms with van der Waals surface area (Å²) < 4.78 is 0. The summed E-state index contributed by atoms with van der Waals surface area (Å²) in [6, 6.07) is 8.85. The molecule has 2 aliphatic rings. The topological polar surface area (TPSA) is 62.3 Å². The van der Waals surface area contributed by atoms with Crippen molar-refractivity contribution in [1.29, 1.82) is 0 Å². The van der Waals surface area contributed by atoms with Crippen molar-refractivity contribution in [2.24, 2.45) is 5.92 Å². The molecule has 25 heavy (non-hydrogen) atoms. The summed E-state index contributed by atoms with van der Waals surface area (Å²) in [5.41, 5.74) is 0.284. The second kappa shape index (κ2) is 6.84. The molecule has 1 aliphatic carbocycles. The highest BCUT2D eigenvalue weighted by atomic mass is 35.5. The number of thioether (sulfide) groups is 1. The smallest absolute Gasteiger partial charge is 0.273 e. The number of benzene rings is 1. The minimum atomic E-state index is -0.441. The fourth-order valence-corrected chi connectivity index (χ4v) is 4.37. The summed E-state index contributed by atoms with van der Waals surface area (Å²) in [5.74, 6) is 1.40. The number of aromatic nitrogens is 1. The Labute approximate surface area is 155 Å². The van der Waals surface area contributed by atoms with Gasteiger partial charge in [-0.3, -0.25) is 9.59 Å². The maximum Gasteiger partial charge on any atom is 0.273 e. The predicted molar refractivity (Wildman–Crippen MR) is 99.8 cm³/mol. The first-order valence-electron chi connectivity index (χ1n) is 8.35. The largest absolute Gasteiger partial charge is 0.354 e. The monoisotopic (exact) mass is 375 g/mol. The number of carbonyl (C=O) groups excluding carboxylic acids is 2. The fraction of sp³-hybridized carbons (Fsp3) is 0.389.